The quantitative estimate of drug-likeness (QED) is 0.905. The average Bonchev–Trinajstić information content (AvgIpc) is 2.39. The Bertz CT molecular complexity index is 672. The Balaban J connectivity index is 2.34. The third-order valence-electron chi connectivity index (χ3n) is 2.42. The highest BCUT2D eigenvalue weighted by molar-refractivity contribution is 7.92. The molecule has 5 nitrogen and oxygen atoms in total. The second kappa shape index (κ2) is 5.56. The zero-order valence-electron chi connectivity index (χ0n) is 9.75. The topological polar surface area (TPSA) is 79.3 Å². The molecule has 0 saturated heterocycles. The Morgan fingerprint density at radius 3 is 2.53 bits per heavy atom. The van der Waals surface area contributed by atoms with Gasteiger partial charge in [0.2, 0.25) is 0 Å². The second-order valence-corrected chi connectivity index (χ2v) is 5.85. The van der Waals surface area contributed by atoms with Crippen LogP contribution in [0.3, 0.4) is 0 Å². The van der Waals surface area contributed by atoms with E-state index in [-0.39, 0.29) is 17.3 Å². The molecular weight excluding hydrogens is 288 g/mol. The molecule has 0 saturated carbocycles. The van der Waals surface area contributed by atoms with Crippen molar-refractivity contribution in [2.24, 2.45) is 0 Å². The molecule has 0 atom stereocenters. The number of benzene rings is 1. The smallest absolute Gasteiger partial charge is 0.263 e. The van der Waals surface area contributed by atoms with Crippen molar-refractivity contribution in [2.75, 3.05) is 4.72 Å². The molecule has 0 bridgehead atoms. The van der Waals surface area contributed by atoms with Gasteiger partial charge in [-0.1, -0.05) is 17.7 Å². The van der Waals surface area contributed by atoms with Crippen LogP contribution in [0.4, 0.5) is 5.82 Å². The van der Waals surface area contributed by atoms with E-state index in [2.05, 4.69) is 9.71 Å². The zero-order chi connectivity index (χ0) is 13.9. The first-order valence-electron chi connectivity index (χ1n) is 5.36. The van der Waals surface area contributed by atoms with Crippen LogP contribution in [0.1, 0.15) is 5.56 Å². The number of hydrogen-bond donors (Lipinski definition) is 2. The van der Waals surface area contributed by atoms with E-state index in [0.717, 1.165) is 0 Å². The van der Waals surface area contributed by atoms with Crippen LogP contribution in [0.2, 0.25) is 5.02 Å². The number of nitrogens with zero attached hydrogens (tertiary/aromatic N) is 1. The van der Waals surface area contributed by atoms with Crippen LogP contribution in [-0.2, 0) is 16.6 Å². The standard InChI is InChI=1S/C12H11ClN2O3S/c13-10-3-5-11(6-4-10)19(17,18)15-12-9(8-16)2-1-7-14-12/h1-7,16H,8H2,(H,14,15). The predicted molar refractivity (Wildman–Crippen MR) is 72.4 cm³/mol. The molecule has 7 heteroatoms. The number of sulfonamides is 1. The third-order valence-corrected chi connectivity index (χ3v) is 4.02. The van der Waals surface area contributed by atoms with E-state index >= 15 is 0 Å². The van der Waals surface area contributed by atoms with E-state index in [1.54, 1.807) is 12.1 Å². The van der Waals surface area contributed by atoms with Crippen LogP contribution in [-0.4, -0.2) is 18.5 Å². The maximum absolute atomic E-state index is 12.1. The van der Waals surface area contributed by atoms with Crippen molar-refractivity contribution in [3.8, 4) is 0 Å². The fourth-order valence-electron chi connectivity index (χ4n) is 1.46. The summed E-state index contributed by atoms with van der Waals surface area (Å²) in [6.45, 7) is -0.299. The van der Waals surface area contributed by atoms with Gasteiger partial charge in [0.1, 0.15) is 5.82 Å². The Kier molecular flexibility index (Phi) is 4.04. The van der Waals surface area contributed by atoms with Crippen LogP contribution in [0.15, 0.2) is 47.5 Å². The normalized spacial score (nSPS) is 11.3. The molecule has 0 aliphatic heterocycles. The maximum atomic E-state index is 12.1. The summed E-state index contributed by atoms with van der Waals surface area (Å²) in [7, 11) is -3.74. The Morgan fingerprint density at radius 2 is 1.89 bits per heavy atom. The fourth-order valence-corrected chi connectivity index (χ4v) is 2.63. The van der Waals surface area contributed by atoms with Gasteiger partial charge in [0.05, 0.1) is 11.5 Å². The van der Waals surface area contributed by atoms with E-state index in [4.69, 9.17) is 16.7 Å². The summed E-state index contributed by atoms with van der Waals surface area (Å²) >= 11 is 5.71. The van der Waals surface area contributed by atoms with Gasteiger partial charge in [0.25, 0.3) is 10.0 Å². The lowest BCUT2D eigenvalue weighted by Crippen LogP contribution is -2.15. The lowest BCUT2D eigenvalue weighted by atomic mass is 10.3. The summed E-state index contributed by atoms with van der Waals surface area (Å²) in [5, 5.41) is 9.58. The van der Waals surface area contributed by atoms with Crippen molar-refractivity contribution in [1.29, 1.82) is 0 Å². The van der Waals surface area contributed by atoms with Gasteiger partial charge in [0, 0.05) is 16.8 Å². The first-order valence-corrected chi connectivity index (χ1v) is 7.22. The van der Waals surface area contributed by atoms with Gasteiger partial charge in [-0.15, -0.1) is 0 Å². The zero-order valence-corrected chi connectivity index (χ0v) is 11.3. The number of aromatic nitrogens is 1. The maximum Gasteiger partial charge on any atom is 0.263 e. The van der Waals surface area contributed by atoms with E-state index in [0.29, 0.717) is 10.6 Å². The molecule has 19 heavy (non-hydrogen) atoms. The summed E-state index contributed by atoms with van der Waals surface area (Å²) < 4.78 is 26.5. The highest BCUT2D eigenvalue weighted by atomic mass is 35.5. The molecule has 2 rings (SSSR count). The lowest BCUT2D eigenvalue weighted by molar-refractivity contribution is 0.282. The summed E-state index contributed by atoms with van der Waals surface area (Å²) in [6.07, 6.45) is 1.44. The molecule has 0 spiro atoms. The molecule has 0 aliphatic carbocycles. The van der Waals surface area contributed by atoms with Gasteiger partial charge in [-0.2, -0.15) is 0 Å². The number of aliphatic hydroxyl groups excluding tert-OH is 1. The minimum absolute atomic E-state index is 0.0754. The molecule has 2 N–H and O–H groups in total. The number of nitrogens with one attached hydrogen (secondary N) is 1. The van der Waals surface area contributed by atoms with Crippen LogP contribution < -0.4 is 4.72 Å². The third kappa shape index (κ3) is 3.23. The van der Waals surface area contributed by atoms with Crippen LogP contribution in [0.5, 0.6) is 0 Å². The second-order valence-electron chi connectivity index (χ2n) is 3.73. The van der Waals surface area contributed by atoms with Gasteiger partial charge in [-0.05, 0) is 30.3 Å². The van der Waals surface area contributed by atoms with Crippen molar-refractivity contribution >= 4 is 27.4 Å². The monoisotopic (exact) mass is 298 g/mol. The van der Waals surface area contributed by atoms with Crippen LogP contribution in [0, 0.1) is 0 Å². The Labute approximate surface area is 115 Å². The van der Waals surface area contributed by atoms with Crippen molar-refractivity contribution in [3.63, 3.8) is 0 Å². The number of hydrogen-bond acceptors (Lipinski definition) is 4. The summed E-state index contributed by atoms with van der Waals surface area (Å²) in [4.78, 5) is 3.98. The SMILES string of the molecule is O=S(=O)(Nc1ncccc1CO)c1ccc(Cl)cc1. The Morgan fingerprint density at radius 1 is 1.21 bits per heavy atom. The number of anilines is 1. The summed E-state index contributed by atoms with van der Waals surface area (Å²) in [6, 6.07) is 8.97. The van der Waals surface area contributed by atoms with Gasteiger partial charge >= 0.3 is 0 Å². The van der Waals surface area contributed by atoms with Crippen molar-refractivity contribution < 1.29 is 13.5 Å². The van der Waals surface area contributed by atoms with E-state index in [1.165, 1.54) is 30.5 Å². The molecule has 0 aliphatic rings. The molecule has 0 radical (unpaired) electrons. The number of pyridine rings is 1. The highest BCUT2D eigenvalue weighted by Crippen LogP contribution is 2.19. The molecule has 2 aromatic rings. The van der Waals surface area contributed by atoms with Gasteiger partial charge in [-0.25, -0.2) is 13.4 Å². The molecule has 0 amide bonds. The molecule has 0 fully saturated rings. The number of halogens is 1. The van der Waals surface area contributed by atoms with Crippen molar-refractivity contribution in [1.82, 2.24) is 4.98 Å². The lowest BCUT2D eigenvalue weighted by Gasteiger charge is -2.10. The summed E-state index contributed by atoms with van der Waals surface area (Å²) in [5.41, 5.74) is 0.403. The number of rotatable bonds is 4. The number of aliphatic hydroxyl groups is 1. The minimum Gasteiger partial charge on any atom is -0.392 e. The van der Waals surface area contributed by atoms with Crippen LogP contribution in [0.25, 0.3) is 0 Å². The first kappa shape index (κ1) is 13.8. The molecule has 100 valence electrons. The molecule has 1 heterocycles. The predicted octanol–water partition coefficient (Wildman–Crippen LogP) is 2.03. The first-order chi connectivity index (χ1) is 9.03. The van der Waals surface area contributed by atoms with Gasteiger partial charge < -0.3 is 5.11 Å². The molecule has 1 aromatic heterocycles. The Hall–Kier alpha value is -1.63. The van der Waals surface area contributed by atoms with Gasteiger partial charge in [0.15, 0.2) is 0 Å². The van der Waals surface area contributed by atoms with E-state index < -0.39 is 10.0 Å². The van der Waals surface area contributed by atoms with Gasteiger partial charge in [-0.3, -0.25) is 4.72 Å². The highest BCUT2D eigenvalue weighted by Gasteiger charge is 2.16. The van der Waals surface area contributed by atoms with Crippen LogP contribution >= 0.6 is 11.6 Å². The fraction of sp³-hybridized carbons (Fsp3) is 0.0833. The van der Waals surface area contributed by atoms with Crippen molar-refractivity contribution in [2.45, 2.75) is 11.5 Å². The summed E-state index contributed by atoms with van der Waals surface area (Å²) in [5.74, 6) is 0.111. The van der Waals surface area contributed by atoms with E-state index in [9.17, 15) is 8.42 Å². The molecule has 1 aromatic carbocycles. The molecule has 0 unspecified atom stereocenters. The molecular formula is C12H11ClN2O3S. The van der Waals surface area contributed by atoms with E-state index in [1.807, 2.05) is 0 Å². The van der Waals surface area contributed by atoms with Crippen molar-refractivity contribution in [3.05, 3.63) is 53.2 Å². The average molecular weight is 299 g/mol. The minimum atomic E-state index is -3.74. The largest absolute Gasteiger partial charge is 0.392 e.